The van der Waals surface area contributed by atoms with Crippen LogP contribution in [-0.4, -0.2) is 8.42 Å². The Labute approximate surface area is 116 Å². The quantitative estimate of drug-likeness (QED) is 0.941. The van der Waals surface area contributed by atoms with Crippen molar-refractivity contribution < 1.29 is 12.8 Å². The lowest BCUT2D eigenvalue weighted by molar-refractivity contribution is 0.598. The molecule has 0 fully saturated rings. The van der Waals surface area contributed by atoms with Gasteiger partial charge in [-0.25, -0.2) is 12.8 Å². The SMILES string of the molecule is N#Cc1ccc(CS(=O)(=O)Nc2ccccc2F)cc1. The number of nitrogens with one attached hydrogen (secondary N) is 1. The monoisotopic (exact) mass is 290 g/mol. The second-order valence-electron chi connectivity index (χ2n) is 4.15. The lowest BCUT2D eigenvalue weighted by atomic mass is 10.2. The summed E-state index contributed by atoms with van der Waals surface area (Å²) in [7, 11) is -3.70. The van der Waals surface area contributed by atoms with Gasteiger partial charge in [0.05, 0.1) is 23.1 Å². The molecule has 2 rings (SSSR count). The Morgan fingerprint density at radius 3 is 2.35 bits per heavy atom. The van der Waals surface area contributed by atoms with Crippen molar-refractivity contribution in [3.8, 4) is 6.07 Å². The topological polar surface area (TPSA) is 70.0 Å². The highest BCUT2D eigenvalue weighted by atomic mass is 32.2. The van der Waals surface area contributed by atoms with Crippen molar-refractivity contribution in [2.24, 2.45) is 0 Å². The molecular weight excluding hydrogens is 279 g/mol. The Bertz CT molecular complexity index is 749. The van der Waals surface area contributed by atoms with E-state index in [9.17, 15) is 12.8 Å². The molecule has 0 aliphatic rings. The molecule has 0 atom stereocenters. The minimum atomic E-state index is -3.70. The van der Waals surface area contributed by atoms with Crippen LogP contribution in [0.5, 0.6) is 0 Å². The van der Waals surface area contributed by atoms with Crippen LogP contribution < -0.4 is 4.72 Å². The maximum atomic E-state index is 13.4. The van der Waals surface area contributed by atoms with E-state index in [1.165, 1.54) is 30.3 Å². The average Bonchev–Trinajstić information content (AvgIpc) is 2.41. The molecule has 0 saturated heterocycles. The van der Waals surface area contributed by atoms with Crippen molar-refractivity contribution >= 4 is 15.7 Å². The van der Waals surface area contributed by atoms with Crippen molar-refractivity contribution in [1.29, 1.82) is 5.26 Å². The summed E-state index contributed by atoms with van der Waals surface area (Å²) >= 11 is 0. The second kappa shape index (κ2) is 5.72. The Hall–Kier alpha value is -2.39. The third-order valence-electron chi connectivity index (χ3n) is 2.58. The first-order valence-corrected chi connectivity index (χ1v) is 7.39. The van der Waals surface area contributed by atoms with E-state index in [1.807, 2.05) is 6.07 Å². The summed E-state index contributed by atoms with van der Waals surface area (Å²) in [5.74, 6) is -0.913. The number of nitriles is 1. The van der Waals surface area contributed by atoms with Gasteiger partial charge in [-0.05, 0) is 29.8 Å². The zero-order valence-electron chi connectivity index (χ0n) is 10.4. The van der Waals surface area contributed by atoms with Gasteiger partial charge in [0.2, 0.25) is 10.0 Å². The molecule has 4 nitrogen and oxygen atoms in total. The van der Waals surface area contributed by atoms with Crippen LogP contribution in [0.15, 0.2) is 48.5 Å². The van der Waals surface area contributed by atoms with Gasteiger partial charge in [-0.3, -0.25) is 4.72 Å². The molecule has 0 spiro atoms. The Kier molecular flexibility index (Phi) is 4.01. The van der Waals surface area contributed by atoms with Gasteiger partial charge in [-0.2, -0.15) is 5.26 Å². The predicted octanol–water partition coefficient (Wildman–Crippen LogP) is 2.64. The molecule has 0 bridgehead atoms. The van der Waals surface area contributed by atoms with Crippen LogP contribution in [0.2, 0.25) is 0 Å². The molecule has 2 aromatic carbocycles. The van der Waals surface area contributed by atoms with E-state index in [0.717, 1.165) is 0 Å². The molecule has 2 aromatic rings. The second-order valence-corrected chi connectivity index (χ2v) is 5.87. The maximum Gasteiger partial charge on any atom is 0.237 e. The molecule has 0 radical (unpaired) electrons. The van der Waals surface area contributed by atoms with Crippen LogP contribution in [0.1, 0.15) is 11.1 Å². The van der Waals surface area contributed by atoms with E-state index in [4.69, 9.17) is 5.26 Å². The van der Waals surface area contributed by atoms with Crippen LogP contribution in [0.4, 0.5) is 10.1 Å². The average molecular weight is 290 g/mol. The lowest BCUT2D eigenvalue weighted by Crippen LogP contribution is -2.15. The molecule has 0 unspecified atom stereocenters. The molecular formula is C14H11FN2O2S. The van der Waals surface area contributed by atoms with Gasteiger partial charge in [-0.15, -0.1) is 0 Å². The van der Waals surface area contributed by atoms with Crippen molar-refractivity contribution in [2.45, 2.75) is 5.75 Å². The largest absolute Gasteiger partial charge is 0.280 e. The zero-order chi connectivity index (χ0) is 14.6. The van der Waals surface area contributed by atoms with Crippen LogP contribution >= 0.6 is 0 Å². The predicted molar refractivity (Wildman–Crippen MR) is 73.8 cm³/mol. The Morgan fingerprint density at radius 1 is 1.10 bits per heavy atom. The number of nitrogens with zero attached hydrogens (tertiary/aromatic N) is 1. The third-order valence-corrected chi connectivity index (χ3v) is 3.82. The van der Waals surface area contributed by atoms with Gasteiger partial charge in [-0.1, -0.05) is 24.3 Å². The molecule has 0 heterocycles. The number of halogens is 1. The van der Waals surface area contributed by atoms with Crippen LogP contribution in [-0.2, 0) is 15.8 Å². The fourth-order valence-electron chi connectivity index (χ4n) is 1.64. The summed E-state index contributed by atoms with van der Waals surface area (Å²) in [6, 6.07) is 13.7. The zero-order valence-corrected chi connectivity index (χ0v) is 11.2. The fraction of sp³-hybridized carbons (Fsp3) is 0.0714. The van der Waals surface area contributed by atoms with E-state index in [0.29, 0.717) is 11.1 Å². The maximum absolute atomic E-state index is 13.4. The first-order valence-electron chi connectivity index (χ1n) is 5.74. The van der Waals surface area contributed by atoms with Crippen LogP contribution in [0.3, 0.4) is 0 Å². The number of para-hydroxylation sites is 1. The molecule has 20 heavy (non-hydrogen) atoms. The Morgan fingerprint density at radius 2 is 1.75 bits per heavy atom. The highest BCUT2D eigenvalue weighted by Gasteiger charge is 2.13. The van der Waals surface area contributed by atoms with Crippen molar-refractivity contribution in [1.82, 2.24) is 0 Å². The van der Waals surface area contributed by atoms with E-state index in [2.05, 4.69) is 4.72 Å². The summed E-state index contributed by atoms with van der Waals surface area (Å²) in [4.78, 5) is 0. The summed E-state index contributed by atoms with van der Waals surface area (Å²) in [6.45, 7) is 0. The van der Waals surface area contributed by atoms with E-state index in [1.54, 1.807) is 18.2 Å². The highest BCUT2D eigenvalue weighted by Crippen LogP contribution is 2.16. The minimum Gasteiger partial charge on any atom is -0.280 e. The fourth-order valence-corrected chi connectivity index (χ4v) is 2.85. The molecule has 0 amide bonds. The van der Waals surface area contributed by atoms with Crippen molar-refractivity contribution in [2.75, 3.05) is 4.72 Å². The third kappa shape index (κ3) is 3.56. The van der Waals surface area contributed by atoms with Crippen molar-refractivity contribution in [3.63, 3.8) is 0 Å². The molecule has 102 valence electrons. The summed E-state index contributed by atoms with van der Waals surface area (Å²) < 4.78 is 39.5. The number of benzene rings is 2. The van der Waals surface area contributed by atoms with Gasteiger partial charge >= 0.3 is 0 Å². The number of hydrogen-bond acceptors (Lipinski definition) is 3. The van der Waals surface area contributed by atoms with Crippen LogP contribution in [0, 0.1) is 17.1 Å². The first-order chi connectivity index (χ1) is 9.50. The van der Waals surface area contributed by atoms with Gasteiger partial charge < -0.3 is 0 Å². The summed E-state index contributed by atoms with van der Waals surface area (Å²) in [6.07, 6.45) is 0. The van der Waals surface area contributed by atoms with Gasteiger partial charge in [0.1, 0.15) is 5.82 Å². The van der Waals surface area contributed by atoms with Gasteiger partial charge in [0, 0.05) is 0 Å². The minimum absolute atomic E-state index is 0.0823. The standard InChI is InChI=1S/C14H11FN2O2S/c15-13-3-1-2-4-14(13)17-20(18,19)10-12-7-5-11(9-16)6-8-12/h1-8,17H,10H2. The molecule has 0 aliphatic carbocycles. The van der Waals surface area contributed by atoms with Gasteiger partial charge in [0.25, 0.3) is 0 Å². The summed E-state index contributed by atoms with van der Waals surface area (Å²) in [5, 5.41) is 8.66. The van der Waals surface area contributed by atoms with E-state index in [-0.39, 0.29) is 11.4 Å². The smallest absolute Gasteiger partial charge is 0.237 e. The lowest BCUT2D eigenvalue weighted by Gasteiger charge is -2.08. The summed E-state index contributed by atoms with van der Waals surface area (Å²) in [5.41, 5.74) is 0.891. The van der Waals surface area contributed by atoms with E-state index >= 15 is 0 Å². The van der Waals surface area contributed by atoms with E-state index < -0.39 is 15.8 Å². The number of sulfonamides is 1. The normalized spacial score (nSPS) is 10.8. The molecule has 1 N–H and O–H groups in total. The number of anilines is 1. The Balaban J connectivity index is 2.15. The van der Waals surface area contributed by atoms with Gasteiger partial charge in [0.15, 0.2) is 0 Å². The van der Waals surface area contributed by atoms with Crippen molar-refractivity contribution in [3.05, 3.63) is 65.5 Å². The molecule has 0 saturated carbocycles. The number of hydrogen-bond donors (Lipinski definition) is 1. The molecule has 6 heteroatoms. The molecule has 0 aliphatic heterocycles. The highest BCUT2D eigenvalue weighted by molar-refractivity contribution is 7.91. The number of rotatable bonds is 4. The first kappa shape index (κ1) is 14.0. The molecule has 0 aromatic heterocycles. The van der Waals surface area contributed by atoms with Crippen LogP contribution in [0.25, 0.3) is 0 Å².